The molecule has 2 aromatic rings. The minimum Gasteiger partial charge on any atom is -0.486 e. The first-order valence-corrected chi connectivity index (χ1v) is 6.91. The van der Waals surface area contributed by atoms with Gasteiger partial charge in [-0.2, -0.15) is 0 Å². The van der Waals surface area contributed by atoms with Crippen molar-refractivity contribution in [3.05, 3.63) is 38.2 Å². The Hall–Kier alpha value is -1.33. The third-order valence-electron chi connectivity index (χ3n) is 2.26. The van der Waals surface area contributed by atoms with Crippen LogP contribution in [0.2, 0.25) is 0 Å². The van der Waals surface area contributed by atoms with Gasteiger partial charge in [-0.25, -0.2) is 4.79 Å². The Morgan fingerprint density at radius 3 is 2.76 bits per heavy atom. The van der Waals surface area contributed by atoms with Gasteiger partial charge in [-0.3, -0.25) is 0 Å². The lowest BCUT2D eigenvalue weighted by Crippen LogP contribution is -1.98. The predicted octanol–water partition coefficient (Wildman–Crippen LogP) is 3.65. The fourth-order valence-electron chi connectivity index (χ4n) is 1.41. The summed E-state index contributed by atoms with van der Waals surface area (Å²) in [5.74, 6) is -0.482. The number of rotatable bonds is 5. The fourth-order valence-corrected chi connectivity index (χ4v) is 2.95. The summed E-state index contributed by atoms with van der Waals surface area (Å²) in [7, 11) is 0. The summed E-state index contributed by atoms with van der Waals surface area (Å²) in [4.78, 5) is 13.6. The minimum atomic E-state index is -0.935. The molecule has 2 aromatic heterocycles. The number of aromatic carboxylic acids is 1. The molecule has 0 amide bonds. The van der Waals surface area contributed by atoms with Crippen molar-refractivity contribution in [1.82, 2.24) is 0 Å². The van der Waals surface area contributed by atoms with Crippen molar-refractivity contribution in [3.8, 4) is 5.75 Å². The highest BCUT2D eigenvalue weighted by Crippen LogP contribution is 2.26. The van der Waals surface area contributed by atoms with Crippen LogP contribution in [-0.2, 0) is 13.0 Å². The van der Waals surface area contributed by atoms with Crippen LogP contribution < -0.4 is 4.74 Å². The van der Waals surface area contributed by atoms with E-state index in [0.29, 0.717) is 12.4 Å². The van der Waals surface area contributed by atoms with Crippen LogP contribution in [-0.4, -0.2) is 11.1 Å². The summed E-state index contributed by atoms with van der Waals surface area (Å²) in [5.41, 5.74) is 0. The maximum atomic E-state index is 10.9. The number of carboxylic acids is 1. The Labute approximate surface area is 107 Å². The second-order valence-electron chi connectivity index (χ2n) is 3.43. The molecule has 0 saturated heterocycles. The molecule has 17 heavy (non-hydrogen) atoms. The topological polar surface area (TPSA) is 46.5 Å². The molecule has 0 unspecified atom stereocenters. The zero-order valence-corrected chi connectivity index (χ0v) is 10.9. The molecule has 2 heterocycles. The summed E-state index contributed by atoms with van der Waals surface area (Å²) in [5, 5.41) is 10.7. The molecule has 0 fully saturated rings. The fraction of sp³-hybridized carbons (Fsp3) is 0.250. The Balaban J connectivity index is 2.02. The monoisotopic (exact) mass is 268 g/mol. The number of thiophene rings is 2. The maximum absolute atomic E-state index is 10.9. The molecule has 0 aliphatic heterocycles. The van der Waals surface area contributed by atoms with E-state index < -0.39 is 5.97 Å². The molecular weight excluding hydrogens is 256 g/mol. The number of ether oxygens (including phenoxy) is 1. The van der Waals surface area contributed by atoms with Gasteiger partial charge in [-0.05, 0) is 30.0 Å². The van der Waals surface area contributed by atoms with Crippen LogP contribution in [0.15, 0.2) is 23.6 Å². The van der Waals surface area contributed by atoms with E-state index in [1.165, 1.54) is 16.2 Å². The maximum Gasteiger partial charge on any atom is 0.349 e. The summed E-state index contributed by atoms with van der Waals surface area (Å²) >= 11 is 2.88. The van der Waals surface area contributed by atoms with Crippen LogP contribution >= 0.6 is 22.7 Å². The molecule has 0 bridgehead atoms. The van der Waals surface area contributed by atoms with E-state index in [1.54, 1.807) is 22.8 Å². The third-order valence-corrected chi connectivity index (χ3v) is 4.35. The van der Waals surface area contributed by atoms with E-state index in [1.807, 2.05) is 6.07 Å². The first kappa shape index (κ1) is 12.1. The molecule has 0 aliphatic rings. The standard InChI is InChI=1S/C12H12O3S2/c1-2-8-3-4-9(17-8)7-15-10-5-6-16-11(10)12(13)14/h3-6H,2,7H2,1H3,(H,13,14). The van der Waals surface area contributed by atoms with Crippen LogP contribution in [0.25, 0.3) is 0 Å². The van der Waals surface area contributed by atoms with Crippen LogP contribution in [0.5, 0.6) is 5.75 Å². The van der Waals surface area contributed by atoms with Crippen molar-refractivity contribution in [3.63, 3.8) is 0 Å². The van der Waals surface area contributed by atoms with Crippen LogP contribution in [0.3, 0.4) is 0 Å². The molecule has 0 atom stereocenters. The Kier molecular flexibility index (Phi) is 3.81. The van der Waals surface area contributed by atoms with Crippen molar-refractivity contribution in [2.75, 3.05) is 0 Å². The summed E-state index contributed by atoms with van der Waals surface area (Å²) in [6, 6.07) is 5.80. The number of carboxylic acid groups (broad SMARTS) is 1. The number of aryl methyl sites for hydroxylation is 1. The molecule has 1 N–H and O–H groups in total. The van der Waals surface area contributed by atoms with E-state index in [-0.39, 0.29) is 4.88 Å². The number of hydrogen-bond donors (Lipinski definition) is 1. The molecule has 90 valence electrons. The third kappa shape index (κ3) is 2.87. The molecule has 2 rings (SSSR count). The van der Waals surface area contributed by atoms with E-state index >= 15 is 0 Å². The molecule has 0 spiro atoms. The summed E-state index contributed by atoms with van der Waals surface area (Å²) in [6.45, 7) is 2.54. The molecular formula is C12H12O3S2. The molecule has 3 nitrogen and oxygen atoms in total. The van der Waals surface area contributed by atoms with Gasteiger partial charge in [0.15, 0.2) is 4.88 Å². The zero-order valence-electron chi connectivity index (χ0n) is 9.30. The highest BCUT2D eigenvalue weighted by molar-refractivity contribution is 7.12. The van der Waals surface area contributed by atoms with Gasteiger partial charge in [-0.1, -0.05) is 6.92 Å². The van der Waals surface area contributed by atoms with E-state index in [0.717, 1.165) is 11.3 Å². The van der Waals surface area contributed by atoms with E-state index in [2.05, 4.69) is 13.0 Å². The van der Waals surface area contributed by atoms with Gasteiger partial charge in [0.1, 0.15) is 12.4 Å². The largest absolute Gasteiger partial charge is 0.486 e. The lowest BCUT2D eigenvalue weighted by Gasteiger charge is -2.03. The van der Waals surface area contributed by atoms with E-state index in [4.69, 9.17) is 9.84 Å². The predicted molar refractivity (Wildman–Crippen MR) is 69.3 cm³/mol. The van der Waals surface area contributed by atoms with Crippen LogP contribution in [0.4, 0.5) is 0 Å². The van der Waals surface area contributed by atoms with Gasteiger partial charge in [0.25, 0.3) is 0 Å². The second-order valence-corrected chi connectivity index (χ2v) is 5.60. The lowest BCUT2D eigenvalue weighted by molar-refractivity contribution is 0.0697. The second kappa shape index (κ2) is 5.33. The Bertz CT molecular complexity index is 513. The average Bonchev–Trinajstić information content (AvgIpc) is 2.95. The van der Waals surface area contributed by atoms with Crippen LogP contribution in [0, 0.1) is 0 Å². The molecule has 0 aromatic carbocycles. The van der Waals surface area contributed by atoms with Gasteiger partial charge < -0.3 is 9.84 Å². The van der Waals surface area contributed by atoms with Gasteiger partial charge in [0.2, 0.25) is 0 Å². The minimum absolute atomic E-state index is 0.261. The quantitative estimate of drug-likeness (QED) is 0.900. The van der Waals surface area contributed by atoms with Crippen molar-refractivity contribution >= 4 is 28.6 Å². The van der Waals surface area contributed by atoms with Gasteiger partial charge in [0, 0.05) is 9.75 Å². The Morgan fingerprint density at radius 1 is 1.35 bits per heavy atom. The van der Waals surface area contributed by atoms with Gasteiger partial charge >= 0.3 is 5.97 Å². The first-order chi connectivity index (χ1) is 8.20. The highest BCUT2D eigenvalue weighted by atomic mass is 32.1. The SMILES string of the molecule is CCc1ccc(COc2ccsc2C(=O)O)s1. The molecule has 5 heteroatoms. The molecule has 0 saturated carbocycles. The molecule has 0 aliphatic carbocycles. The van der Waals surface area contributed by atoms with Crippen molar-refractivity contribution in [1.29, 1.82) is 0 Å². The summed E-state index contributed by atoms with van der Waals surface area (Å²) < 4.78 is 5.52. The Morgan fingerprint density at radius 2 is 2.12 bits per heavy atom. The highest BCUT2D eigenvalue weighted by Gasteiger charge is 2.13. The lowest BCUT2D eigenvalue weighted by atomic mass is 10.4. The van der Waals surface area contributed by atoms with Crippen molar-refractivity contribution in [2.45, 2.75) is 20.0 Å². The van der Waals surface area contributed by atoms with Crippen molar-refractivity contribution < 1.29 is 14.6 Å². The van der Waals surface area contributed by atoms with Gasteiger partial charge in [-0.15, -0.1) is 22.7 Å². The first-order valence-electron chi connectivity index (χ1n) is 5.22. The smallest absolute Gasteiger partial charge is 0.349 e. The van der Waals surface area contributed by atoms with Gasteiger partial charge in [0.05, 0.1) is 0 Å². The number of hydrogen-bond acceptors (Lipinski definition) is 4. The van der Waals surface area contributed by atoms with Crippen molar-refractivity contribution in [2.24, 2.45) is 0 Å². The van der Waals surface area contributed by atoms with E-state index in [9.17, 15) is 4.79 Å². The van der Waals surface area contributed by atoms with Crippen LogP contribution in [0.1, 0.15) is 26.3 Å². The number of carbonyl (C=O) groups is 1. The summed E-state index contributed by atoms with van der Waals surface area (Å²) in [6.07, 6.45) is 1.02. The average molecular weight is 268 g/mol. The normalized spacial score (nSPS) is 10.4. The molecule has 0 radical (unpaired) electrons. The zero-order chi connectivity index (χ0) is 12.3.